The van der Waals surface area contributed by atoms with Crippen LogP contribution in [0.25, 0.3) is 0 Å². The van der Waals surface area contributed by atoms with E-state index in [0.717, 1.165) is 64.7 Å². The molecule has 1 fully saturated rings. The molecule has 156 valence electrons. The maximum Gasteiger partial charge on any atom is 0.191 e. The van der Waals surface area contributed by atoms with Gasteiger partial charge >= 0.3 is 0 Å². The zero-order chi connectivity index (χ0) is 18.8. The van der Waals surface area contributed by atoms with Crippen LogP contribution in [0.2, 0.25) is 0 Å². The molecule has 0 spiro atoms. The molecule has 1 saturated heterocycles. The number of aliphatic imine (C=N–C) groups is 1. The number of aryl methyl sites for hydroxylation is 2. The average molecular weight is 492 g/mol. The van der Waals surface area contributed by atoms with Gasteiger partial charge < -0.3 is 15.4 Å². The SMILES string of the molecule is CCNC(=NCC(C(C)C)N1CCOCC1)NCCCc1cnn(C)c1.I. The lowest BCUT2D eigenvalue weighted by molar-refractivity contribution is 0.00867. The van der Waals surface area contributed by atoms with Gasteiger partial charge in [-0.1, -0.05) is 13.8 Å². The van der Waals surface area contributed by atoms with Crippen molar-refractivity contribution < 1.29 is 4.74 Å². The van der Waals surface area contributed by atoms with Gasteiger partial charge in [0, 0.05) is 45.5 Å². The Kier molecular flexibility index (Phi) is 11.9. The topological polar surface area (TPSA) is 66.7 Å². The molecule has 2 rings (SSSR count). The predicted octanol–water partition coefficient (Wildman–Crippen LogP) is 1.88. The molecule has 7 nitrogen and oxygen atoms in total. The molecule has 0 bridgehead atoms. The first-order valence-corrected chi connectivity index (χ1v) is 9.91. The summed E-state index contributed by atoms with van der Waals surface area (Å²) in [5.74, 6) is 1.49. The smallest absolute Gasteiger partial charge is 0.191 e. The minimum Gasteiger partial charge on any atom is -0.379 e. The number of hydrogen-bond acceptors (Lipinski definition) is 4. The Morgan fingerprint density at radius 2 is 2.04 bits per heavy atom. The zero-order valence-corrected chi connectivity index (χ0v) is 19.6. The highest BCUT2D eigenvalue weighted by Crippen LogP contribution is 2.13. The summed E-state index contributed by atoms with van der Waals surface area (Å²) in [6, 6.07) is 0.463. The summed E-state index contributed by atoms with van der Waals surface area (Å²) in [5, 5.41) is 11.0. The van der Waals surface area contributed by atoms with Gasteiger partial charge in [0.1, 0.15) is 0 Å². The van der Waals surface area contributed by atoms with Crippen molar-refractivity contribution in [3.05, 3.63) is 18.0 Å². The van der Waals surface area contributed by atoms with E-state index in [1.165, 1.54) is 5.56 Å². The summed E-state index contributed by atoms with van der Waals surface area (Å²) in [6.45, 7) is 12.9. The minimum atomic E-state index is 0. The second-order valence-electron chi connectivity index (χ2n) is 7.23. The van der Waals surface area contributed by atoms with Crippen LogP contribution in [0.3, 0.4) is 0 Å². The van der Waals surface area contributed by atoms with Crippen LogP contribution in [-0.2, 0) is 18.2 Å². The number of ether oxygens (including phenoxy) is 1. The van der Waals surface area contributed by atoms with Crippen LogP contribution in [0.5, 0.6) is 0 Å². The third kappa shape index (κ3) is 8.78. The molecular weight excluding hydrogens is 455 g/mol. The van der Waals surface area contributed by atoms with Crippen molar-refractivity contribution in [3.63, 3.8) is 0 Å². The number of guanidine groups is 1. The largest absolute Gasteiger partial charge is 0.379 e. The van der Waals surface area contributed by atoms with Gasteiger partial charge in [-0.2, -0.15) is 5.10 Å². The minimum absolute atomic E-state index is 0. The Morgan fingerprint density at radius 3 is 2.63 bits per heavy atom. The molecule has 1 aromatic rings. The maximum atomic E-state index is 5.49. The van der Waals surface area contributed by atoms with Crippen LogP contribution in [-0.4, -0.2) is 72.6 Å². The molecular formula is C19H37IN6O. The molecule has 0 radical (unpaired) electrons. The highest BCUT2D eigenvalue weighted by atomic mass is 127. The van der Waals surface area contributed by atoms with Crippen LogP contribution in [0, 0.1) is 5.92 Å². The van der Waals surface area contributed by atoms with Crippen LogP contribution >= 0.6 is 24.0 Å². The van der Waals surface area contributed by atoms with Gasteiger partial charge in [0.05, 0.1) is 26.0 Å². The normalized spacial score (nSPS) is 16.9. The van der Waals surface area contributed by atoms with E-state index < -0.39 is 0 Å². The first kappa shape index (κ1) is 24.2. The number of nitrogens with one attached hydrogen (secondary N) is 2. The number of hydrogen-bond donors (Lipinski definition) is 2. The van der Waals surface area contributed by atoms with E-state index in [1.807, 2.05) is 17.9 Å². The van der Waals surface area contributed by atoms with E-state index in [4.69, 9.17) is 9.73 Å². The molecule has 0 aliphatic carbocycles. The lowest BCUT2D eigenvalue weighted by atomic mass is 10.0. The highest BCUT2D eigenvalue weighted by Gasteiger charge is 2.23. The molecule has 8 heteroatoms. The molecule has 1 unspecified atom stereocenters. The summed E-state index contributed by atoms with van der Waals surface area (Å²) in [4.78, 5) is 7.37. The first-order valence-electron chi connectivity index (χ1n) is 9.91. The molecule has 0 saturated carbocycles. The zero-order valence-electron chi connectivity index (χ0n) is 17.3. The van der Waals surface area contributed by atoms with E-state index in [-0.39, 0.29) is 24.0 Å². The van der Waals surface area contributed by atoms with Gasteiger partial charge in [-0.15, -0.1) is 24.0 Å². The summed E-state index contributed by atoms with van der Waals surface area (Å²) in [5.41, 5.74) is 1.28. The Morgan fingerprint density at radius 1 is 1.30 bits per heavy atom. The first-order chi connectivity index (χ1) is 12.6. The standard InChI is InChI=1S/C19H36N6O.HI/c1-5-20-19(21-8-6-7-17-13-23-24(4)15-17)22-14-18(16(2)3)25-9-11-26-12-10-25;/h13,15-16,18H,5-12,14H2,1-4H3,(H2,20,21,22);1H. The lowest BCUT2D eigenvalue weighted by Gasteiger charge is -2.36. The fourth-order valence-corrected chi connectivity index (χ4v) is 3.28. The van der Waals surface area contributed by atoms with E-state index in [9.17, 15) is 0 Å². The summed E-state index contributed by atoms with van der Waals surface area (Å²) in [7, 11) is 1.96. The average Bonchev–Trinajstić information content (AvgIpc) is 3.04. The molecule has 0 aromatic carbocycles. The second-order valence-corrected chi connectivity index (χ2v) is 7.23. The molecule has 2 N–H and O–H groups in total. The Bertz CT molecular complexity index is 542. The van der Waals surface area contributed by atoms with Crippen molar-refractivity contribution in [3.8, 4) is 0 Å². The predicted molar refractivity (Wildman–Crippen MR) is 122 cm³/mol. The van der Waals surface area contributed by atoms with Crippen molar-refractivity contribution in [1.29, 1.82) is 0 Å². The van der Waals surface area contributed by atoms with Crippen molar-refractivity contribution in [2.75, 3.05) is 45.9 Å². The van der Waals surface area contributed by atoms with Gasteiger partial charge in [0.15, 0.2) is 5.96 Å². The van der Waals surface area contributed by atoms with Crippen molar-refractivity contribution >= 4 is 29.9 Å². The quantitative estimate of drug-likeness (QED) is 0.239. The fraction of sp³-hybridized carbons (Fsp3) is 0.789. The second kappa shape index (κ2) is 13.3. The third-order valence-corrected chi connectivity index (χ3v) is 4.76. The summed E-state index contributed by atoms with van der Waals surface area (Å²) in [6.07, 6.45) is 6.11. The number of nitrogens with zero attached hydrogens (tertiary/aromatic N) is 4. The molecule has 1 aromatic heterocycles. The molecule has 27 heavy (non-hydrogen) atoms. The number of halogens is 1. The molecule has 1 atom stereocenters. The number of rotatable bonds is 9. The van der Waals surface area contributed by atoms with Gasteiger partial charge in [-0.3, -0.25) is 14.6 Å². The monoisotopic (exact) mass is 492 g/mol. The Balaban J connectivity index is 0.00000364. The summed E-state index contributed by atoms with van der Waals surface area (Å²) < 4.78 is 7.34. The van der Waals surface area contributed by atoms with Gasteiger partial charge in [0.25, 0.3) is 0 Å². The molecule has 1 aliphatic rings. The Labute approximate surface area is 181 Å². The maximum absolute atomic E-state index is 5.49. The number of morpholine rings is 1. The molecule has 2 heterocycles. The lowest BCUT2D eigenvalue weighted by Crippen LogP contribution is -2.48. The van der Waals surface area contributed by atoms with Crippen LogP contribution in [0.15, 0.2) is 17.4 Å². The van der Waals surface area contributed by atoms with Gasteiger partial charge in [-0.25, -0.2) is 0 Å². The summed E-state index contributed by atoms with van der Waals surface area (Å²) >= 11 is 0. The Hall–Kier alpha value is -0.870. The van der Waals surface area contributed by atoms with Crippen molar-refractivity contribution in [2.45, 2.75) is 39.7 Å². The van der Waals surface area contributed by atoms with Crippen LogP contribution in [0.1, 0.15) is 32.8 Å². The van der Waals surface area contributed by atoms with Gasteiger partial charge in [-0.05, 0) is 31.2 Å². The van der Waals surface area contributed by atoms with Crippen molar-refractivity contribution in [2.24, 2.45) is 18.0 Å². The fourth-order valence-electron chi connectivity index (χ4n) is 3.28. The van der Waals surface area contributed by atoms with E-state index in [2.05, 4.69) is 47.6 Å². The van der Waals surface area contributed by atoms with E-state index >= 15 is 0 Å². The highest BCUT2D eigenvalue weighted by molar-refractivity contribution is 14.0. The van der Waals surface area contributed by atoms with E-state index in [1.54, 1.807) is 0 Å². The van der Waals surface area contributed by atoms with E-state index in [0.29, 0.717) is 12.0 Å². The molecule has 1 aliphatic heterocycles. The van der Waals surface area contributed by atoms with Crippen LogP contribution < -0.4 is 10.6 Å². The van der Waals surface area contributed by atoms with Crippen LogP contribution in [0.4, 0.5) is 0 Å². The molecule has 0 amide bonds. The van der Waals surface area contributed by atoms with Crippen molar-refractivity contribution in [1.82, 2.24) is 25.3 Å². The van der Waals surface area contributed by atoms with Gasteiger partial charge in [0.2, 0.25) is 0 Å². The third-order valence-electron chi connectivity index (χ3n) is 4.76. The number of aromatic nitrogens is 2.